The summed E-state index contributed by atoms with van der Waals surface area (Å²) in [6.07, 6.45) is 0. The number of carbonyl (C=O) groups excluding carboxylic acids is 1. The minimum atomic E-state index is -3.87. The Kier molecular flexibility index (Phi) is 6.11. The van der Waals surface area contributed by atoms with Crippen LogP contribution in [0.5, 0.6) is 0 Å². The van der Waals surface area contributed by atoms with Crippen LogP contribution in [0.1, 0.15) is 39.5 Å². The minimum Gasteiger partial charge on any atom is -0.459 e. The van der Waals surface area contributed by atoms with Crippen LogP contribution in [0.3, 0.4) is 0 Å². The lowest BCUT2D eigenvalue weighted by atomic mass is 9.72. The standard InChI is InChI=1S/C35H27NO4S/c1-23-17-19-27(20-18-23)41(38,39)36-21-28-30(24-11-5-2-6-12-24)34(37)31(25-13-7-3-8-14-25)33-32(28)29(22-36)40-35(33)26-15-9-4-10-16-26/h2-20,31H,21-22H2,1H3. The number of benzene rings is 4. The average molecular weight is 558 g/mol. The van der Waals surface area contributed by atoms with Crippen molar-refractivity contribution >= 4 is 27.0 Å². The van der Waals surface area contributed by atoms with E-state index in [1.807, 2.05) is 97.9 Å². The zero-order valence-corrected chi connectivity index (χ0v) is 23.3. The van der Waals surface area contributed by atoms with Crippen LogP contribution < -0.4 is 0 Å². The fourth-order valence-corrected chi connectivity index (χ4v) is 7.39. The SMILES string of the molecule is Cc1ccc(S(=O)(=O)N2CC3=C(c4ccccc4)C(=O)C(c4ccccc4)c4c(-c5ccccc5)oc(c43)C2)cc1. The molecule has 1 atom stereocenters. The van der Waals surface area contributed by atoms with Gasteiger partial charge >= 0.3 is 0 Å². The van der Waals surface area contributed by atoms with E-state index >= 15 is 0 Å². The van der Waals surface area contributed by atoms with Gasteiger partial charge in [-0.2, -0.15) is 4.31 Å². The van der Waals surface area contributed by atoms with E-state index in [1.165, 1.54) is 4.31 Å². The molecule has 1 aromatic heterocycles. The lowest BCUT2D eigenvalue weighted by Crippen LogP contribution is -2.37. The Hall–Kier alpha value is -4.52. The third kappa shape index (κ3) is 4.19. The molecule has 41 heavy (non-hydrogen) atoms. The van der Waals surface area contributed by atoms with Crippen LogP contribution in [0.4, 0.5) is 0 Å². The third-order valence-electron chi connectivity index (χ3n) is 7.96. The number of hydrogen-bond donors (Lipinski definition) is 0. The first-order valence-electron chi connectivity index (χ1n) is 13.6. The lowest BCUT2D eigenvalue weighted by Gasteiger charge is -2.34. The predicted octanol–water partition coefficient (Wildman–Crippen LogP) is 7.08. The lowest BCUT2D eigenvalue weighted by molar-refractivity contribution is -0.114. The van der Waals surface area contributed by atoms with Crippen molar-refractivity contribution in [2.75, 3.05) is 6.54 Å². The molecule has 6 heteroatoms. The molecule has 0 amide bonds. The molecule has 1 aliphatic carbocycles. The van der Waals surface area contributed by atoms with Gasteiger partial charge in [0.2, 0.25) is 10.0 Å². The van der Waals surface area contributed by atoms with Gasteiger partial charge < -0.3 is 4.42 Å². The van der Waals surface area contributed by atoms with E-state index in [4.69, 9.17) is 4.42 Å². The number of furan rings is 1. The Morgan fingerprint density at radius 3 is 1.95 bits per heavy atom. The second-order valence-corrected chi connectivity index (χ2v) is 12.5. The normalized spacial score (nSPS) is 17.0. The Bertz CT molecular complexity index is 1910. The quantitative estimate of drug-likeness (QED) is 0.232. The van der Waals surface area contributed by atoms with E-state index in [9.17, 15) is 13.2 Å². The maximum Gasteiger partial charge on any atom is 0.243 e. The summed E-state index contributed by atoms with van der Waals surface area (Å²) in [5, 5.41) is 0. The van der Waals surface area contributed by atoms with Crippen molar-refractivity contribution in [2.24, 2.45) is 0 Å². The van der Waals surface area contributed by atoms with E-state index in [0.717, 1.165) is 33.4 Å². The van der Waals surface area contributed by atoms with Gasteiger partial charge in [-0.05, 0) is 35.8 Å². The third-order valence-corrected chi connectivity index (χ3v) is 9.77. The van der Waals surface area contributed by atoms with Gasteiger partial charge in [0.1, 0.15) is 11.5 Å². The first-order chi connectivity index (χ1) is 19.9. The van der Waals surface area contributed by atoms with E-state index in [0.29, 0.717) is 22.7 Å². The Morgan fingerprint density at radius 1 is 0.732 bits per heavy atom. The molecule has 0 radical (unpaired) electrons. The monoisotopic (exact) mass is 557 g/mol. The molecule has 7 rings (SSSR count). The maximum atomic E-state index is 14.7. The molecule has 1 aliphatic heterocycles. The summed E-state index contributed by atoms with van der Waals surface area (Å²) in [5.41, 5.74) is 6.36. The summed E-state index contributed by atoms with van der Waals surface area (Å²) < 4.78 is 35.9. The zero-order chi connectivity index (χ0) is 28.1. The summed E-state index contributed by atoms with van der Waals surface area (Å²) in [4.78, 5) is 14.9. The molecule has 202 valence electrons. The van der Waals surface area contributed by atoms with Crippen LogP contribution in [-0.2, 0) is 21.4 Å². The highest BCUT2D eigenvalue weighted by Gasteiger charge is 2.45. The van der Waals surface area contributed by atoms with Crippen molar-refractivity contribution in [1.29, 1.82) is 0 Å². The Morgan fingerprint density at radius 2 is 1.32 bits per heavy atom. The van der Waals surface area contributed by atoms with Gasteiger partial charge in [0, 0.05) is 28.8 Å². The number of hydrogen-bond acceptors (Lipinski definition) is 4. The van der Waals surface area contributed by atoms with E-state index in [1.54, 1.807) is 24.3 Å². The topological polar surface area (TPSA) is 67.6 Å². The Labute approximate surface area is 239 Å². The number of ketones is 1. The highest BCUT2D eigenvalue weighted by molar-refractivity contribution is 7.89. The number of allylic oxidation sites excluding steroid dienone is 1. The van der Waals surface area contributed by atoms with Gasteiger partial charge in [0.25, 0.3) is 0 Å². The van der Waals surface area contributed by atoms with Crippen LogP contribution in [-0.4, -0.2) is 25.1 Å². The fourth-order valence-electron chi connectivity index (χ4n) is 6.03. The van der Waals surface area contributed by atoms with Gasteiger partial charge in [-0.25, -0.2) is 8.42 Å². The number of sulfonamides is 1. The van der Waals surface area contributed by atoms with Crippen molar-refractivity contribution in [2.45, 2.75) is 24.3 Å². The summed E-state index contributed by atoms with van der Waals surface area (Å²) >= 11 is 0. The van der Waals surface area contributed by atoms with Gasteiger partial charge in [-0.3, -0.25) is 4.79 Å². The molecular formula is C35H27NO4S. The van der Waals surface area contributed by atoms with E-state index < -0.39 is 15.9 Å². The molecule has 2 aliphatic rings. The molecule has 0 saturated carbocycles. The molecule has 5 aromatic rings. The van der Waals surface area contributed by atoms with Crippen molar-refractivity contribution in [3.63, 3.8) is 0 Å². The van der Waals surface area contributed by atoms with Crippen LogP contribution in [0.2, 0.25) is 0 Å². The molecule has 1 unspecified atom stereocenters. The van der Waals surface area contributed by atoms with Gasteiger partial charge in [-0.15, -0.1) is 0 Å². The first-order valence-corrected chi connectivity index (χ1v) is 15.0. The fraction of sp³-hybridized carbons (Fsp3) is 0.114. The average Bonchev–Trinajstić information content (AvgIpc) is 3.39. The van der Waals surface area contributed by atoms with Crippen LogP contribution in [0, 0.1) is 6.92 Å². The molecule has 0 bridgehead atoms. The molecule has 0 N–H and O–H groups in total. The highest BCUT2D eigenvalue weighted by atomic mass is 32.2. The summed E-state index contributed by atoms with van der Waals surface area (Å²) in [6, 6.07) is 35.9. The predicted molar refractivity (Wildman–Crippen MR) is 159 cm³/mol. The Balaban J connectivity index is 1.51. The zero-order valence-electron chi connectivity index (χ0n) is 22.4. The summed E-state index contributed by atoms with van der Waals surface area (Å²) in [6.45, 7) is 2.07. The smallest absolute Gasteiger partial charge is 0.243 e. The molecule has 0 saturated heterocycles. The maximum absolute atomic E-state index is 14.7. The van der Waals surface area contributed by atoms with Gasteiger partial charge in [0.15, 0.2) is 5.78 Å². The van der Waals surface area contributed by atoms with Crippen molar-refractivity contribution in [3.8, 4) is 11.3 Å². The number of aryl methyl sites for hydroxylation is 1. The van der Waals surface area contributed by atoms with Crippen molar-refractivity contribution in [3.05, 3.63) is 149 Å². The number of rotatable bonds is 5. The summed E-state index contributed by atoms with van der Waals surface area (Å²) in [7, 11) is -3.87. The minimum absolute atomic E-state index is 0.0657. The first kappa shape index (κ1) is 25.4. The number of nitrogens with zero attached hydrogens (tertiary/aromatic N) is 1. The number of Topliss-reactive ketones (excluding diaryl/α,β-unsaturated/α-hetero) is 1. The second kappa shape index (κ2) is 9.84. The second-order valence-electron chi connectivity index (χ2n) is 10.5. The molecule has 5 nitrogen and oxygen atoms in total. The van der Waals surface area contributed by atoms with Crippen LogP contribution in [0.25, 0.3) is 22.5 Å². The van der Waals surface area contributed by atoms with Gasteiger partial charge in [0.05, 0.1) is 17.4 Å². The van der Waals surface area contributed by atoms with Crippen LogP contribution in [0.15, 0.2) is 125 Å². The molecule has 2 heterocycles. The number of carbonyl (C=O) groups is 1. The van der Waals surface area contributed by atoms with Gasteiger partial charge in [-0.1, -0.05) is 109 Å². The van der Waals surface area contributed by atoms with Crippen LogP contribution >= 0.6 is 0 Å². The van der Waals surface area contributed by atoms with Crippen molar-refractivity contribution < 1.29 is 17.6 Å². The molecule has 4 aromatic carbocycles. The molecule has 0 spiro atoms. The molecular weight excluding hydrogens is 530 g/mol. The largest absolute Gasteiger partial charge is 0.459 e. The van der Waals surface area contributed by atoms with Crippen molar-refractivity contribution in [1.82, 2.24) is 4.31 Å². The highest BCUT2D eigenvalue weighted by Crippen LogP contribution is 2.52. The van der Waals surface area contributed by atoms with E-state index in [2.05, 4.69) is 0 Å². The van der Waals surface area contributed by atoms with E-state index in [-0.39, 0.29) is 23.8 Å². The molecule has 0 fully saturated rings. The summed E-state index contributed by atoms with van der Waals surface area (Å²) in [5.74, 6) is 0.511.